The van der Waals surface area contributed by atoms with Gasteiger partial charge in [0.25, 0.3) is 0 Å². The highest BCUT2D eigenvalue weighted by Gasteiger charge is 2.42. The maximum Gasteiger partial charge on any atom is 0.407 e. The Labute approximate surface area is 195 Å². The Kier molecular flexibility index (Phi) is 5.69. The lowest BCUT2D eigenvalue weighted by Crippen LogP contribution is -2.53. The Bertz CT molecular complexity index is 1050. The molecule has 1 aliphatic carbocycles. The Morgan fingerprint density at radius 3 is 2.61 bits per heavy atom. The Morgan fingerprint density at radius 2 is 1.94 bits per heavy atom. The molecule has 1 amide bonds. The van der Waals surface area contributed by atoms with Crippen molar-refractivity contribution < 1.29 is 19.0 Å². The van der Waals surface area contributed by atoms with Crippen molar-refractivity contribution in [2.24, 2.45) is 11.3 Å². The molecule has 3 fully saturated rings. The SMILES string of the molecule is COc1cc(-c2cc3c(cc2OC)C(NC(=O)O[C@@H]2CN4CCC2CC4)C(C)(C)C3)ccn1. The van der Waals surface area contributed by atoms with Crippen LogP contribution in [0.4, 0.5) is 4.79 Å². The van der Waals surface area contributed by atoms with E-state index in [-0.39, 0.29) is 23.7 Å². The number of nitrogens with zero attached hydrogens (tertiary/aromatic N) is 2. The molecule has 2 atom stereocenters. The van der Waals surface area contributed by atoms with E-state index in [1.54, 1.807) is 20.4 Å². The van der Waals surface area contributed by atoms with E-state index in [0.717, 1.165) is 61.3 Å². The fraction of sp³-hybridized carbons (Fsp3) is 0.538. The molecule has 7 heteroatoms. The molecular weight excluding hydrogens is 418 g/mol. The minimum absolute atomic E-state index is 0.00457. The maximum atomic E-state index is 13.0. The topological polar surface area (TPSA) is 72.9 Å². The summed E-state index contributed by atoms with van der Waals surface area (Å²) in [5, 5.41) is 3.20. The first kappa shape index (κ1) is 22.0. The van der Waals surface area contributed by atoms with Crippen molar-refractivity contribution in [2.75, 3.05) is 33.9 Å². The summed E-state index contributed by atoms with van der Waals surface area (Å²) in [7, 11) is 3.29. The Morgan fingerprint density at radius 1 is 1.15 bits per heavy atom. The zero-order valence-corrected chi connectivity index (χ0v) is 19.9. The Hall–Kier alpha value is -2.80. The van der Waals surface area contributed by atoms with Gasteiger partial charge in [0.15, 0.2) is 0 Å². The molecule has 33 heavy (non-hydrogen) atoms. The zero-order chi connectivity index (χ0) is 23.2. The van der Waals surface area contributed by atoms with Gasteiger partial charge in [-0.1, -0.05) is 13.8 Å². The van der Waals surface area contributed by atoms with Crippen LogP contribution in [-0.4, -0.2) is 55.9 Å². The first-order chi connectivity index (χ1) is 15.9. The molecule has 4 aliphatic rings. The molecule has 3 saturated heterocycles. The van der Waals surface area contributed by atoms with Crippen LogP contribution in [-0.2, 0) is 11.2 Å². The second kappa shape index (κ2) is 8.52. The molecule has 2 aromatic rings. The molecule has 0 radical (unpaired) electrons. The fourth-order valence-corrected chi connectivity index (χ4v) is 5.77. The number of alkyl carbamates (subject to hydrolysis) is 1. The molecule has 1 aromatic heterocycles. The molecule has 4 heterocycles. The van der Waals surface area contributed by atoms with Crippen molar-refractivity contribution in [3.8, 4) is 22.8 Å². The second-order valence-electron chi connectivity index (χ2n) is 10.2. The predicted octanol–water partition coefficient (Wildman–Crippen LogP) is 4.21. The van der Waals surface area contributed by atoms with Gasteiger partial charge >= 0.3 is 6.09 Å². The summed E-state index contributed by atoms with van der Waals surface area (Å²) in [6.07, 6.45) is 4.51. The van der Waals surface area contributed by atoms with Gasteiger partial charge in [0.05, 0.1) is 20.3 Å². The van der Waals surface area contributed by atoms with E-state index < -0.39 is 0 Å². The van der Waals surface area contributed by atoms with Gasteiger partial charge in [-0.15, -0.1) is 0 Å². The van der Waals surface area contributed by atoms with Crippen LogP contribution in [0.3, 0.4) is 0 Å². The minimum Gasteiger partial charge on any atom is -0.496 e. The van der Waals surface area contributed by atoms with Crippen LogP contribution >= 0.6 is 0 Å². The summed E-state index contributed by atoms with van der Waals surface area (Å²) in [6, 6.07) is 7.95. The number of nitrogens with one attached hydrogen (secondary N) is 1. The van der Waals surface area contributed by atoms with Crippen molar-refractivity contribution in [3.05, 3.63) is 41.6 Å². The van der Waals surface area contributed by atoms with Gasteiger partial charge in [-0.2, -0.15) is 0 Å². The summed E-state index contributed by atoms with van der Waals surface area (Å²) in [6.45, 7) is 7.48. The third-order valence-electron chi connectivity index (χ3n) is 7.57. The highest BCUT2D eigenvalue weighted by molar-refractivity contribution is 5.74. The third kappa shape index (κ3) is 4.14. The van der Waals surface area contributed by atoms with Crippen LogP contribution in [0.25, 0.3) is 11.1 Å². The van der Waals surface area contributed by atoms with Gasteiger partial charge in [-0.3, -0.25) is 4.90 Å². The van der Waals surface area contributed by atoms with Gasteiger partial charge in [0, 0.05) is 24.4 Å². The number of fused-ring (bicyclic) bond motifs is 4. The maximum absolute atomic E-state index is 13.0. The number of pyridine rings is 1. The summed E-state index contributed by atoms with van der Waals surface area (Å²) in [4.78, 5) is 19.6. The van der Waals surface area contributed by atoms with Crippen molar-refractivity contribution in [2.45, 2.75) is 45.3 Å². The number of carbonyl (C=O) groups excluding carboxylic acids is 1. The summed E-state index contributed by atoms with van der Waals surface area (Å²) in [5.74, 6) is 1.81. The lowest BCUT2D eigenvalue weighted by atomic mass is 9.85. The van der Waals surface area contributed by atoms with Crippen LogP contribution in [0.5, 0.6) is 11.6 Å². The molecule has 6 rings (SSSR count). The summed E-state index contributed by atoms with van der Waals surface area (Å²) in [5.41, 5.74) is 4.13. The lowest BCUT2D eigenvalue weighted by molar-refractivity contribution is -0.0349. The predicted molar refractivity (Wildman–Crippen MR) is 126 cm³/mol. The minimum atomic E-state index is -0.318. The molecule has 3 aliphatic heterocycles. The first-order valence-corrected chi connectivity index (χ1v) is 11.8. The molecule has 1 aromatic carbocycles. The van der Waals surface area contributed by atoms with Gasteiger partial charge in [-0.05, 0) is 78.6 Å². The van der Waals surface area contributed by atoms with Crippen molar-refractivity contribution >= 4 is 6.09 Å². The summed E-state index contributed by atoms with van der Waals surface area (Å²) < 4.78 is 17.0. The average Bonchev–Trinajstić information content (AvgIpc) is 3.07. The largest absolute Gasteiger partial charge is 0.496 e. The van der Waals surface area contributed by atoms with Crippen molar-refractivity contribution in [1.82, 2.24) is 15.2 Å². The molecule has 7 nitrogen and oxygen atoms in total. The van der Waals surface area contributed by atoms with Crippen LogP contribution in [0, 0.1) is 11.3 Å². The molecule has 1 unspecified atom stereocenters. The molecule has 0 saturated carbocycles. The van der Waals surface area contributed by atoms with E-state index in [2.05, 4.69) is 41.2 Å². The van der Waals surface area contributed by atoms with E-state index >= 15 is 0 Å². The number of carbonyl (C=O) groups is 1. The standard InChI is InChI=1S/C26H33N3O4/c1-26(2)14-18-11-19(17-5-8-27-23(12-17)32-4)21(31-3)13-20(18)24(26)28-25(30)33-22-15-29-9-6-16(22)7-10-29/h5,8,11-13,16,22,24H,6-7,9-10,14-15H2,1-4H3,(H,28,30)/t22-,24?/m1/s1. The number of ether oxygens (including phenoxy) is 3. The van der Waals surface area contributed by atoms with E-state index in [9.17, 15) is 4.79 Å². The van der Waals surface area contributed by atoms with Gasteiger partial charge in [0.2, 0.25) is 5.88 Å². The van der Waals surface area contributed by atoms with Crippen LogP contribution in [0.1, 0.15) is 43.9 Å². The number of rotatable bonds is 5. The van der Waals surface area contributed by atoms with E-state index in [0.29, 0.717) is 11.8 Å². The van der Waals surface area contributed by atoms with Crippen LogP contribution in [0.15, 0.2) is 30.5 Å². The number of hydrogen-bond donors (Lipinski definition) is 1. The molecular formula is C26H33N3O4. The summed E-state index contributed by atoms with van der Waals surface area (Å²) >= 11 is 0. The highest BCUT2D eigenvalue weighted by atomic mass is 16.6. The van der Waals surface area contributed by atoms with E-state index in [4.69, 9.17) is 14.2 Å². The molecule has 1 N–H and O–H groups in total. The van der Waals surface area contributed by atoms with Crippen molar-refractivity contribution in [3.63, 3.8) is 0 Å². The van der Waals surface area contributed by atoms with E-state index in [1.165, 1.54) is 5.56 Å². The molecule has 176 valence electrons. The van der Waals surface area contributed by atoms with Crippen molar-refractivity contribution in [1.29, 1.82) is 0 Å². The van der Waals surface area contributed by atoms with E-state index in [1.807, 2.05) is 12.1 Å². The number of aromatic nitrogens is 1. The van der Waals surface area contributed by atoms with Crippen LogP contribution < -0.4 is 14.8 Å². The first-order valence-electron chi connectivity index (χ1n) is 11.8. The van der Waals surface area contributed by atoms with Gasteiger partial charge in [0.1, 0.15) is 11.9 Å². The monoisotopic (exact) mass is 451 g/mol. The number of methoxy groups -OCH3 is 2. The number of piperidine rings is 3. The number of amides is 1. The third-order valence-corrected chi connectivity index (χ3v) is 7.57. The number of hydrogen-bond acceptors (Lipinski definition) is 6. The molecule has 2 bridgehead atoms. The number of benzene rings is 1. The van der Waals surface area contributed by atoms with Gasteiger partial charge < -0.3 is 19.5 Å². The molecule has 0 spiro atoms. The highest BCUT2D eigenvalue weighted by Crippen LogP contribution is 2.48. The second-order valence-corrected chi connectivity index (χ2v) is 10.2. The average molecular weight is 452 g/mol. The Balaban J connectivity index is 1.39. The fourth-order valence-electron chi connectivity index (χ4n) is 5.77. The normalized spacial score (nSPS) is 27.0. The quantitative estimate of drug-likeness (QED) is 0.734. The van der Waals surface area contributed by atoms with Gasteiger partial charge in [-0.25, -0.2) is 9.78 Å². The zero-order valence-electron chi connectivity index (χ0n) is 19.9. The lowest BCUT2D eigenvalue weighted by Gasteiger charge is -2.44. The van der Waals surface area contributed by atoms with Crippen LogP contribution in [0.2, 0.25) is 0 Å². The smallest absolute Gasteiger partial charge is 0.407 e.